The monoisotopic (exact) mass is 310 g/mol. The van der Waals surface area contributed by atoms with Gasteiger partial charge < -0.3 is 4.74 Å². The molecule has 0 radical (unpaired) electrons. The second-order valence-corrected chi connectivity index (χ2v) is 7.33. The third kappa shape index (κ3) is 3.57. The molecular weight excluding hydrogens is 284 g/mol. The molecule has 2 aromatic carbocycles. The molecule has 0 spiro atoms. The minimum Gasteiger partial charge on any atom is -0.458 e. The molecule has 2 nitrogen and oxygen atoms in total. The van der Waals surface area contributed by atoms with Crippen molar-refractivity contribution in [2.75, 3.05) is 0 Å². The van der Waals surface area contributed by atoms with Gasteiger partial charge in [-0.05, 0) is 53.5 Å². The van der Waals surface area contributed by atoms with Crippen molar-refractivity contribution < 1.29 is 9.53 Å². The number of esters is 1. The van der Waals surface area contributed by atoms with Crippen molar-refractivity contribution in [2.45, 2.75) is 46.1 Å². The van der Waals surface area contributed by atoms with Gasteiger partial charge in [-0.25, -0.2) is 4.79 Å². The van der Waals surface area contributed by atoms with Crippen LogP contribution in [-0.4, -0.2) is 12.1 Å². The zero-order valence-corrected chi connectivity index (χ0v) is 14.3. The summed E-state index contributed by atoms with van der Waals surface area (Å²) in [5.41, 5.74) is 0.657. The third-order valence-corrected chi connectivity index (χ3v) is 5.20. The average molecular weight is 310 g/mol. The minimum absolute atomic E-state index is 0.0534. The lowest BCUT2D eigenvalue weighted by Gasteiger charge is -2.36. The Morgan fingerprint density at radius 2 is 1.83 bits per heavy atom. The van der Waals surface area contributed by atoms with Crippen molar-refractivity contribution in [1.29, 1.82) is 0 Å². The fraction of sp³-hybridized carbons (Fsp3) is 0.476. The Hall–Kier alpha value is -1.83. The van der Waals surface area contributed by atoms with E-state index in [0.717, 1.165) is 23.6 Å². The number of fused-ring (bicyclic) bond motifs is 1. The molecule has 0 heterocycles. The average Bonchev–Trinajstić information content (AvgIpc) is 2.54. The summed E-state index contributed by atoms with van der Waals surface area (Å²) in [4.78, 5) is 12.6. The topological polar surface area (TPSA) is 26.3 Å². The molecule has 1 saturated carbocycles. The first-order valence-corrected chi connectivity index (χ1v) is 8.74. The number of benzene rings is 2. The van der Waals surface area contributed by atoms with Crippen molar-refractivity contribution in [3.8, 4) is 0 Å². The van der Waals surface area contributed by atoms with E-state index in [-0.39, 0.29) is 12.1 Å². The lowest BCUT2D eigenvalue weighted by atomic mass is 9.75. The van der Waals surface area contributed by atoms with Crippen LogP contribution in [-0.2, 0) is 4.74 Å². The third-order valence-electron chi connectivity index (χ3n) is 5.20. The lowest BCUT2D eigenvalue weighted by Crippen LogP contribution is -2.35. The zero-order valence-electron chi connectivity index (χ0n) is 14.3. The molecule has 2 heteroatoms. The van der Waals surface area contributed by atoms with Crippen LogP contribution in [0, 0.1) is 17.8 Å². The second-order valence-electron chi connectivity index (χ2n) is 7.33. The van der Waals surface area contributed by atoms with E-state index in [1.54, 1.807) is 0 Å². The van der Waals surface area contributed by atoms with E-state index in [2.05, 4.69) is 26.8 Å². The first kappa shape index (κ1) is 16.0. The Balaban J connectivity index is 1.78. The first-order chi connectivity index (χ1) is 11.0. The molecule has 0 aromatic heterocycles. The molecule has 1 fully saturated rings. The van der Waals surface area contributed by atoms with Crippen LogP contribution in [0.25, 0.3) is 10.8 Å². The zero-order chi connectivity index (χ0) is 16.4. The summed E-state index contributed by atoms with van der Waals surface area (Å²) in [5, 5.41) is 2.23. The number of hydrogen-bond acceptors (Lipinski definition) is 2. The van der Waals surface area contributed by atoms with Gasteiger partial charge in [0, 0.05) is 0 Å². The molecule has 23 heavy (non-hydrogen) atoms. The van der Waals surface area contributed by atoms with E-state index in [1.807, 2.05) is 36.4 Å². The number of rotatable bonds is 3. The van der Waals surface area contributed by atoms with Gasteiger partial charge in [0.2, 0.25) is 0 Å². The van der Waals surface area contributed by atoms with Crippen LogP contribution in [0.5, 0.6) is 0 Å². The van der Waals surface area contributed by atoms with Crippen LogP contribution < -0.4 is 0 Å². The van der Waals surface area contributed by atoms with Gasteiger partial charge >= 0.3 is 5.97 Å². The Morgan fingerprint density at radius 3 is 2.57 bits per heavy atom. The summed E-state index contributed by atoms with van der Waals surface area (Å²) in [6.45, 7) is 6.72. The highest BCUT2D eigenvalue weighted by Gasteiger charge is 2.33. The molecule has 122 valence electrons. The van der Waals surface area contributed by atoms with Gasteiger partial charge in [0.05, 0.1) is 5.56 Å². The number of carbonyl (C=O) groups is 1. The van der Waals surface area contributed by atoms with Gasteiger partial charge in [-0.1, -0.05) is 57.5 Å². The highest BCUT2D eigenvalue weighted by Crippen LogP contribution is 2.35. The maximum atomic E-state index is 12.6. The summed E-state index contributed by atoms with van der Waals surface area (Å²) in [6.07, 6.45) is 3.45. The lowest BCUT2D eigenvalue weighted by molar-refractivity contribution is -0.0173. The fourth-order valence-corrected chi connectivity index (χ4v) is 3.77. The van der Waals surface area contributed by atoms with E-state index in [0.29, 0.717) is 23.3 Å². The molecule has 2 aromatic rings. The summed E-state index contributed by atoms with van der Waals surface area (Å²) in [6, 6.07) is 13.9. The molecule has 3 atom stereocenters. The molecular formula is C21H26O2. The Kier molecular flexibility index (Phi) is 4.70. The van der Waals surface area contributed by atoms with Crippen LogP contribution in [0.1, 0.15) is 50.4 Å². The van der Waals surface area contributed by atoms with E-state index in [1.165, 1.54) is 6.42 Å². The van der Waals surface area contributed by atoms with E-state index in [4.69, 9.17) is 4.74 Å². The van der Waals surface area contributed by atoms with Crippen LogP contribution >= 0.6 is 0 Å². The summed E-state index contributed by atoms with van der Waals surface area (Å²) < 4.78 is 5.93. The van der Waals surface area contributed by atoms with Gasteiger partial charge in [0.1, 0.15) is 6.10 Å². The standard InChI is InChI=1S/C21H26O2/c1-14(2)19-11-8-15(3)12-20(19)23-21(22)18-10-9-16-6-4-5-7-17(16)13-18/h4-7,9-10,13-15,19-20H,8,11-12H2,1-3H3/t15-,19+,20+/m1/s1. The second kappa shape index (κ2) is 6.74. The quantitative estimate of drug-likeness (QED) is 0.704. The normalized spacial score (nSPS) is 24.8. The SMILES string of the molecule is CC(C)[C@@H]1CC[C@@H](C)C[C@@H]1OC(=O)c1ccc2ccccc2c1. The fourth-order valence-electron chi connectivity index (χ4n) is 3.77. The van der Waals surface area contributed by atoms with Crippen molar-refractivity contribution in [3.63, 3.8) is 0 Å². The van der Waals surface area contributed by atoms with Crippen LogP contribution in [0.15, 0.2) is 42.5 Å². The number of hydrogen-bond donors (Lipinski definition) is 0. The van der Waals surface area contributed by atoms with Crippen molar-refractivity contribution in [1.82, 2.24) is 0 Å². The van der Waals surface area contributed by atoms with Crippen molar-refractivity contribution >= 4 is 16.7 Å². The Labute approximate surface area is 138 Å². The van der Waals surface area contributed by atoms with Gasteiger partial charge in [-0.3, -0.25) is 0 Å². The highest BCUT2D eigenvalue weighted by atomic mass is 16.5. The van der Waals surface area contributed by atoms with Crippen LogP contribution in [0.4, 0.5) is 0 Å². The van der Waals surface area contributed by atoms with E-state index < -0.39 is 0 Å². The van der Waals surface area contributed by atoms with E-state index >= 15 is 0 Å². The predicted octanol–water partition coefficient (Wildman–Crippen LogP) is 5.46. The Bertz CT molecular complexity index is 689. The van der Waals surface area contributed by atoms with Gasteiger partial charge in [0.15, 0.2) is 0 Å². The van der Waals surface area contributed by atoms with Gasteiger partial charge in [0.25, 0.3) is 0 Å². The van der Waals surface area contributed by atoms with Crippen molar-refractivity contribution in [2.24, 2.45) is 17.8 Å². The molecule has 0 unspecified atom stereocenters. The van der Waals surface area contributed by atoms with E-state index in [9.17, 15) is 4.79 Å². The number of carbonyl (C=O) groups excluding carboxylic acids is 1. The smallest absolute Gasteiger partial charge is 0.338 e. The molecule has 0 saturated heterocycles. The Morgan fingerprint density at radius 1 is 1.09 bits per heavy atom. The molecule has 1 aliphatic rings. The molecule has 0 N–H and O–H groups in total. The van der Waals surface area contributed by atoms with Gasteiger partial charge in [-0.2, -0.15) is 0 Å². The maximum Gasteiger partial charge on any atom is 0.338 e. The number of ether oxygens (including phenoxy) is 1. The molecule has 1 aliphatic carbocycles. The molecule has 3 rings (SSSR count). The predicted molar refractivity (Wildman–Crippen MR) is 94.5 cm³/mol. The summed E-state index contributed by atoms with van der Waals surface area (Å²) in [7, 11) is 0. The van der Waals surface area contributed by atoms with Gasteiger partial charge in [-0.15, -0.1) is 0 Å². The van der Waals surface area contributed by atoms with Crippen LogP contribution in [0.2, 0.25) is 0 Å². The summed E-state index contributed by atoms with van der Waals surface area (Å²) >= 11 is 0. The van der Waals surface area contributed by atoms with Crippen LogP contribution in [0.3, 0.4) is 0 Å². The maximum absolute atomic E-state index is 12.6. The molecule has 0 amide bonds. The molecule has 0 aliphatic heterocycles. The highest BCUT2D eigenvalue weighted by molar-refractivity contribution is 5.95. The molecule has 0 bridgehead atoms. The largest absolute Gasteiger partial charge is 0.458 e. The summed E-state index contributed by atoms with van der Waals surface area (Å²) in [5.74, 6) is 1.49. The minimum atomic E-state index is -0.180. The first-order valence-electron chi connectivity index (χ1n) is 8.74. The van der Waals surface area contributed by atoms with Crippen molar-refractivity contribution in [3.05, 3.63) is 48.0 Å².